The molecule has 0 saturated carbocycles. The van der Waals surface area contributed by atoms with Gasteiger partial charge in [0, 0.05) is 19.1 Å². The molecule has 2 N–H and O–H groups in total. The van der Waals surface area contributed by atoms with Gasteiger partial charge in [-0.25, -0.2) is 13.1 Å². The van der Waals surface area contributed by atoms with Crippen LogP contribution in [0.3, 0.4) is 0 Å². The molecular formula is C13H21BrN2O3S. The summed E-state index contributed by atoms with van der Waals surface area (Å²) < 4.78 is 31.5. The lowest BCUT2D eigenvalue weighted by molar-refractivity contribution is 0.411. The van der Waals surface area contributed by atoms with Gasteiger partial charge in [-0.05, 0) is 40.5 Å². The van der Waals surface area contributed by atoms with Crippen LogP contribution in [0.1, 0.15) is 25.5 Å². The molecule has 0 aliphatic carbocycles. The van der Waals surface area contributed by atoms with Gasteiger partial charge in [0.25, 0.3) is 0 Å². The highest BCUT2D eigenvalue weighted by Gasteiger charge is 2.11. The first-order chi connectivity index (χ1) is 9.39. The maximum Gasteiger partial charge on any atom is 0.212 e. The van der Waals surface area contributed by atoms with Crippen LogP contribution in [0.4, 0.5) is 0 Å². The van der Waals surface area contributed by atoms with Crippen LogP contribution in [0.15, 0.2) is 22.7 Å². The molecule has 0 fully saturated rings. The minimum absolute atomic E-state index is 0.0639. The molecule has 5 nitrogen and oxygen atoms in total. The molecule has 0 aliphatic heterocycles. The van der Waals surface area contributed by atoms with Crippen molar-refractivity contribution in [3.05, 3.63) is 28.2 Å². The van der Waals surface area contributed by atoms with Crippen molar-refractivity contribution in [1.29, 1.82) is 0 Å². The van der Waals surface area contributed by atoms with Crippen LogP contribution in [0.2, 0.25) is 0 Å². The minimum atomic E-state index is -3.17. The Kier molecular flexibility index (Phi) is 6.94. The van der Waals surface area contributed by atoms with Gasteiger partial charge in [0.2, 0.25) is 10.0 Å². The lowest BCUT2D eigenvalue weighted by Gasteiger charge is -2.15. The molecular weight excluding hydrogens is 344 g/mol. The number of methoxy groups -OCH3 is 1. The normalized spacial score (nSPS) is 13.2. The van der Waals surface area contributed by atoms with Crippen LogP contribution in [0.25, 0.3) is 0 Å². The van der Waals surface area contributed by atoms with E-state index in [9.17, 15) is 8.42 Å². The molecule has 0 aliphatic rings. The number of hydrogen-bond donors (Lipinski definition) is 2. The van der Waals surface area contributed by atoms with Crippen LogP contribution in [0, 0.1) is 0 Å². The zero-order valence-electron chi connectivity index (χ0n) is 11.9. The molecule has 0 saturated heterocycles. The van der Waals surface area contributed by atoms with Gasteiger partial charge in [-0.2, -0.15) is 0 Å². The molecule has 114 valence electrons. The van der Waals surface area contributed by atoms with Gasteiger partial charge in [-0.3, -0.25) is 0 Å². The lowest BCUT2D eigenvalue weighted by Crippen LogP contribution is -2.32. The molecule has 20 heavy (non-hydrogen) atoms. The van der Waals surface area contributed by atoms with Gasteiger partial charge in [0.15, 0.2) is 0 Å². The van der Waals surface area contributed by atoms with Crippen molar-refractivity contribution < 1.29 is 13.2 Å². The summed E-state index contributed by atoms with van der Waals surface area (Å²) in [5.41, 5.74) is 1.07. The molecule has 7 heteroatoms. The van der Waals surface area contributed by atoms with Gasteiger partial charge in [-0.1, -0.05) is 13.0 Å². The van der Waals surface area contributed by atoms with E-state index in [1.54, 1.807) is 14.0 Å². The minimum Gasteiger partial charge on any atom is -0.496 e. The molecule has 0 spiro atoms. The summed E-state index contributed by atoms with van der Waals surface area (Å²) in [7, 11) is -1.55. The van der Waals surface area contributed by atoms with Crippen LogP contribution < -0.4 is 14.8 Å². The summed E-state index contributed by atoms with van der Waals surface area (Å²) in [6.07, 6.45) is 0. The van der Waals surface area contributed by atoms with Crippen molar-refractivity contribution in [2.45, 2.75) is 19.9 Å². The Bertz CT molecular complexity index is 534. The maximum absolute atomic E-state index is 11.5. The fraction of sp³-hybridized carbons (Fsp3) is 0.538. The van der Waals surface area contributed by atoms with Gasteiger partial charge < -0.3 is 10.1 Å². The molecule has 0 aromatic heterocycles. The number of ether oxygens (including phenoxy) is 1. The summed E-state index contributed by atoms with van der Waals surface area (Å²) in [6.45, 7) is 4.58. The molecule has 0 radical (unpaired) electrons. The number of sulfonamides is 1. The van der Waals surface area contributed by atoms with Gasteiger partial charge in [0.1, 0.15) is 5.75 Å². The average molecular weight is 365 g/mol. The van der Waals surface area contributed by atoms with E-state index < -0.39 is 10.0 Å². The van der Waals surface area contributed by atoms with E-state index in [0.29, 0.717) is 13.1 Å². The van der Waals surface area contributed by atoms with E-state index >= 15 is 0 Å². The number of halogens is 1. The fourth-order valence-electron chi connectivity index (χ4n) is 1.77. The standard InChI is InChI=1S/C13H21BrN2O3S/c1-4-16-20(17,18)8-7-15-10(2)11-5-6-13(19-3)12(14)9-11/h5-6,9-10,15-16H,4,7-8H2,1-3H3. The first-order valence-corrected chi connectivity index (χ1v) is 8.88. The van der Waals surface area contributed by atoms with E-state index in [1.807, 2.05) is 25.1 Å². The number of rotatable bonds is 8. The van der Waals surface area contributed by atoms with Crippen LogP contribution in [-0.4, -0.2) is 34.4 Å². The van der Waals surface area contributed by atoms with E-state index in [-0.39, 0.29) is 11.8 Å². The smallest absolute Gasteiger partial charge is 0.212 e. The lowest BCUT2D eigenvalue weighted by atomic mass is 10.1. The van der Waals surface area contributed by atoms with Gasteiger partial charge >= 0.3 is 0 Å². The largest absolute Gasteiger partial charge is 0.496 e. The Morgan fingerprint density at radius 2 is 2.10 bits per heavy atom. The quantitative estimate of drug-likeness (QED) is 0.740. The first kappa shape index (κ1) is 17.4. The Balaban J connectivity index is 2.55. The summed E-state index contributed by atoms with van der Waals surface area (Å²) in [5, 5.41) is 3.20. The zero-order valence-corrected chi connectivity index (χ0v) is 14.3. The topological polar surface area (TPSA) is 67.4 Å². The van der Waals surface area contributed by atoms with E-state index in [1.165, 1.54) is 0 Å². The predicted octanol–water partition coefficient (Wildman–Crippen LogP) is 2.05. The van der Waals surface area contributed by atoms with Crippen molar-refractivity contribution in [2.24, 2.45) is 0 Å². The second-order valence-corrected chi connectivity index (χ2v) is 7.17. The Labute approximate surface area is 129 Å². The Morgan fingerprint density at radius 1 is 1.40 bits per heavy atom. The number of benzene rings is 1. The highest BCUT2D eigenvalue weighted by Crippen LogP contribution is 2.27. The van der Waals surface area contributed by atoms with Crippen LogP contribution in [-0.2, 0) is 10.0 Å². The Morgan fingerprint density at radius 3 is 2.65 bits per heavy atom. The average Bonchev–Trinajstić information content (AvgIpc) is 2.38. The van der Waals surface area contributed by atoms with E-state index in [0.717, 1.165) is 15.8 Å². The molecule has 1 aromatic carbocycles. The second-order valence-electron chi connectivity index (χ2n) is 4.39. The third-order valence-electron chi connectivity index (χ3n) is 2.86. The predicted molar refractivity (Wildman–Crippen MR) is 84.6 cm³/mol. The van der Waals surface area contributed by atoms with Crippen LogP contribution >= 0.6 is 15.9 Å². The van der Waals surface area contributed by atoms with Crippen LogP contribution in [0.5, 0.6) is 5.75 Å². The van der Waals surface area contributed by atoms with Crippen molar-refractivity contribution >= 4 is 26.0 Å². The molecule has 0 amide bonds. The molecule has 1 atom stereocenters. The summed E-state index contributed by atoms with van der Waals surface area (Å²) in [5.74, 6) is 0.846. The highest BCUT2D eigenvalue weighted by atomic mass is 79.9. The van der Waals surface area contributed by atoms with Gasteiger partial charge in [0.05, 0.1) is 17.3 Å². The third kappa shape index (κ3) is 5.40. The second kappa shape index (κ2) is 7.97. The van der Waals surface area contributed by atoms with Gasteiger partial charge in [-0.15, -0.1) is 0 Å². The SMILES string of the molecule is CCNS(=O)(=O)CCNC(C)c1ccc(OC)c(Br)c1. The van der Waals surface area contributed by atoms with Crippen molar-refractivity contribution in [3.8, 4) is 5.75 Å². The maximum atomic E-state index is 11.5. The summed E-state index contributed by atoms with van der Waals surface area (Å²) in [4.78, 5) is 0. The molecule has 1 aromatic rings. The number of hydrogen-bond acceptors (Lipinski definition) is 4. The zero-order chi connectivity index (χ0) is 15.2. The Hall–Kier alpha value is -0.630. The summed E-state index contributed by atoms with van der Waals surface area (Å²) in [6, 6.07) is 5.87. The molecule has 1 unspecified atom stereocenters. The first-order valence-electron chi connectivity index (χ1n) is 6.43. The van der Waals surface area contributed by atoms with E-state index in [4.69, 9.17) is 4.74 Å². The van der Waals surface area contributed by atoms with Crippen molar-refractivity contribution in [3.63, 3.8) is 0 Å². The third-order valence-corrected chi connectivity index (χ3v) is 4.95. The highest BCUT2D eigenvalue weighted by molar-refractivity contribution is 9.10. The number of nitrogens with one attached hydrogen (secondary N) is 2. The summed E-state index contributed by atoms with van der Waals surface area (Å²) >= 11 is 3.44. The molecule has 0 bridgehead atoms. The monoisotopic (exact) mass is 364 g/mol. The molecule has 1 rings (SSSR count). The van der Waals surface area contributed by atoms with Crippen molar-refractivity contribution in [2.75, 3.05) is 26.0 Å². The fourth-order valence-corrected chi connectivity index (χ4v) is 3.30. The van der Waals surface area contributed by atoms with Crippen molar-refractivity contribution in [1.82, 2.24) is 10.0 Å². The molecule has 0 heterocycles. The van der Waals surface area contributed by atoms with E-state index in [2.05, 4.69) is 26.0 Å².